The number of halogens is 3. The second kappa shape index (κ2) is 6.20. The average Bonchev–Trinajstić information content (AvgIpc) is 2.41. The third-order valence-electron chi connectivity index (χ3n) is 2.75. The quantitative estimate of drug-likeness (QED) is 0.870. The Labute approximate surface area is 125 Å². The lowest BCUT2D eigenvalue weighted by Gasteiger charge is -2.14. The Hall–Kier alpha value is -1.65. The van der Waals surface area contributed by atoms with Crippen molar-refractivity contribution in [2.45, 2.75) is 13.0 Å². The van der Waals surface area contributed by atoms with E-state index < -0.39 is 0 Å². The summed E-state index contributed by atoms with van der Waals surface area (Å²) in [5.74, 6) is -0.701. The number of nitrogens with zero attached hydrogens (tertiary/aromatic N) is 1. The Bertz CT molecular complexity index is 649. The Morgan fingerprint density at radius 3 is 2.75 bits per heavy atom. The first-order valence-electron chi connectivity index (χ1n) is 5.84. The molecule has 0 aliphatic rings. The minimum Gasteiger partial charge on any atom is -0.345 e. The van der Waals surface area contributed by atoms with Gasteiger partial charge in [0, 0.05) is 6.20 Å². The van der Waals surface area contributed by atoms with Crippen molar-refractivity contribution >= 4 is 29.1 Å². The predicted molar refractivity (Wildman–Crippen MR) is 76.5 cm³/mol. The van der Waals surface area contributed by atoms with Crippen LogP contribution in [0.1, 0.15) is 28.9 Å². The molecular formula is C14H11Cl2FN2O. The number of pyridine rings is 1. The van der Waals surface area contributed by atoms with Crippen molar-refractivity contribution in [3.63, 3.8) is 0 Å². The molecule has 0 radical (unpaired) electrons. The van der Waals surface area contributed by atoms with Gasteiger partial charge in [0.25, 0.3) is 5.91 Å². The van der Waals surface area contributed by atoms with Gasteiger partial charge in [-0.1, -0.05) is 35.3 Å². The minimum atomic E-state index is -0.354. The fraction of sp³-hybridized carbons (Fsp3) is 0.143. The fourth-order valence-electron chi connectivity index (χ4n) is 1.68. The molecule has 0 fully saturated rings. The molecule has 1 atom stereocenters. The number of amides is 1. The predicted octanol–water partition coefficient (Wildman–Crippen LogP) is 4.02. The topological polar surface area (TPSA) is 42.0 Å². The maximum atomic E-state index is 13.1. The standard InChI is InChI=1S/C14H11Cl2FN2O/c1-8(9-3-2-4-11(17)5-9)19-14(20)10-6-12(15)13(16)18-7-10/h2-8H,1H3,(H,19,20). The molecule has 1 heterocycles. The molecule has 1 unspecified atom stereocenters. The third-order valence-corrected chi connectivity index (χ3v) is 3.44. The van der Waals surface area contributed by atoms with E-state index >= 15 is 0 Å². The molecular weight excluding hydrogens is 302 g/mol. The van der Waals surface area contributed by atoms with Crippen molar-refractivity contribution < 1.29 is 9.18 Å². The summed E-state index contributed by atoms with van der Waals surface area (Å²) in [7, 11) is 0. The molecule has 0 saturated heterocycles. The number of hydrogen-bond acceptors (Lipinski definition) is 2. The molecule has 0 aliphatic carbocycles. The number of carbonyl (C=O) groups is 1. The van der Waals surface area contributed by atoms with Gasteiger partial charge < -0.3 is 5.32 Å². The molecule has 3 nitrogen and oxygen atoms in total. The fourth-order valence-corrected chi connectivity index (χ4v) is 1.95. The van der Waals surface area contributed by atoms with Gasteiger partial charge in [-0.25, -0.2) is 9.37 Å². The number of nitrogens with one attached hydrogen (secondary N) is 1. The normalized spacial score (nSPS) is 12.0. The molecule has 0 bridgehead atoms. The molecule has 1 N–H and O–H groups in total. The van der Waals surface area contributed by atoms with Crippen LogP contribution in [-0.2, 0) is 0 Å². The molecule has 2 aromatic rings. The first-order valence-corrected chi connectivity index (χ1v) is 6.60. The van der Waals surface area contributed by atoms with E-state index in [1.54, 1.807) is 19.1 Å². The Balaban J connectivity index is 2.13. The highest BCUT2D eigenvalue weighted by atomic mass is 35.5. The maximum Gasteiger partial charge on any atom is 0.253 e. The second-order valence-corrected chi connectivity index (χ2v) is 5.01. The molecule has 2 rings (SSSR count). The van der Waals surface area contributed by atoms with Gasteiger partial charge in [0.05, 0.1) is 16.6 Å². The van der Waals surface area contributed by atoms with Gasteiger partial charge in [-0.3, -0.25) is 4.79 Å². The first-order chi connectivity index (χ1) is 9.47. The summed E-state index contributed by atoms with van der Waals surface area (Å²) in [5.41, 5.74) is 0.967. The van der Waals surface area contributed by atoms with Gasteiger partial charge in [-0.15, -0.1) is 0 Å². The van der Waals surface area contributed by atoms with Gasteiger partial charge >= 0.3 is 0 Å². The van der Waals surface area contributed by atoms with Crippen LogP contribution in [0, 0.1) is 5.82 Å². The molecule has 104 valence electrons. The van der Waals surface area contributed by atoms with Gasteiger partial charge in [0.1, 0.15) is 11.0 Å². The van der Waals surface area contributed by atoms with Crippen LogP contribution in [0.4, 0.5) is 4.39 Å². The SMILES string of the molecule is CC(NC(=O)c1cnc(Cl)c(Cl)c1)c1cccc(F)c1. The lowest BCUT2D eigenvalue weighted by molar-refractivity contribution is 0.0939. The van der Waals surface area contributed by atoms with E-state index in [1.807, 2.05) is 0 Å². The zero-order chi connectivity index (χ0) is 14.7. The smallest absolute Gasteiger partial charge is 0.253 e. The van der Waals surface area contributed by atoms with Gasteiger partial charge in [-0.2, -0.15) is 0 Å². The average molecular weight is 313 g/mol. The maximum absolute atomic E-state index is 13.1. The lowest BCUT2D eigenvalue weighted by atomic mass is 10.1. The molecule has 1 amide bonds. The Morgan fingerprint density at radius 2 is 2.10 bits per heavy atom. The number of rotatable bonds is 3. The van der Waals surface area contributed by atoms with Crippen LogP contribution >= 0.6 is 23.2 Å². The van der Waals surface area contributed by atoms with E-state index in [1.165, 1.54) is 24.4 Å². The molecule has 1 aromatic heterocycles. The highest BCUT2D eigenvalue weighted by molar-refractivity contribution is 6.41. The first kappa shape index (κ1) is 14.8. The van der Waals surface area contributed by atoms with Crippen molar-refractivity contribution in [3.8, 4) is 0 Å². The molecule has 20 heavy (non-hydrogen) atoms. The monoisotopic (exact) mass is 312 g/mol. The summed E-state index contributed by atoms with van der Waals surface area (Å²) in [6.45, 7) is 1.76. The largest absolute Gasteiger partial charge is 0.345 e. The van der Waals surface area contributed by atoms with Crippen LogP contribution in [0.25, 0.3) is 0 Å². The van der Waals surface area contributed by atoms with Gasteiger partial charge in [-0.05, 0) is 30.7 Å². The summed E-state index contributed by atoms with van der Waals surface area (Å²) in [6, 6.07) is 7.14. The van der Waals surface area contributed by atoms with Crippen molar-refractivity contribution in [1.82, 2.24) is 10.3 Å². The van der Waals surface area contributed by atoms with E-state index in [-0.39, 0.29) is 27.9 Å². The molecule has 0 saturated carbocycles. The highest BCUT2D eigenvalue weighted by Crippen LogP contribution is 2.20. The zero-order valence-electron chi connectivity index (χ0n) is 10.5. The van der Waals surface area contributed by atoms with Gasteiger partial charge in [0.15, 0.2) is 0 Å². The Kier molecular flexibility index (Phi) is 4.57. The van der Waals surface area contributed by atoms with E-state index in [9.17, 15) is 9.18 Å². The van der Waals surface area contributed by atoms with Crippen molar-refractivity contribution in [1.29, 1.82) is 0 Å². The third kappa shape index (κ3) is 3.46. The summed E-state index contributed by atoms with van der Waals surface area (Å²) in [5, 5.41) is 3.09. The minimum absolute atomic E-state index is 0.140. The van der Waals surface area contributed by atoms with Crippen LogP contribution in [0.5, 0.6) is 0 Å². The number of benzene rings is 1. The molecule has 0 aliphatic heterocycles. The van der Waals surface area contributed by atoms with Crippen LogP contribution < -0.4 is 5.32 Å². The van der Waals surface area contributed by atoms with E-state index in [2.05, 4.69) is 10.3 Å². The van der Waals surface area contributed by atoms with Crippen LogP contribution in [0.3, 0.4) is 0 Å². The zero-order valence-corrected chi connectivity index (χ0v) is 12.0. The summed E-state index contributed by atoms with van der Waals surface area (Å²) in [6.07, 6.45) is 1.34. The Morgan fingerprint density at radius 1 is 1.35 bits per heavy atom. The second-order valence-electron chi connectivity index (χ2n) is 4.25. The molecule has 1 aromatic carbocycles. The number of hydrogen-bond donors (Lipinski definition) is 1. The lowest BCUT2D eigenvalue weighted by Crippen LogP contribution is -2.26. The molecule has 6 heteroatoms. The van der Waals surface area contributed by atoms with E-state index in [0.717, 1.165) is 0 Å². The van der Waals surface area contributed by atoms with E-state index in [0.29, 0.717) is 11.1 Å². The summed E-state index contributed by atoms with van der Waals surface area (Å²) in [4.78, 5) is 15.8. The van der Waals surface area contributed by atoms with Crippen molar-refractivity contribution in [2.75, 3.05) is 0 Å². The van der Waals surface area contributed by atoms with Crippen LogP contribution in [0.2, 0.25) is 10.2 Å². The van der Waals surface area contributed by atoms with Crippen LogP contribution in [0.15, 0.2) is 36.5 Å². The highest BCUT2D eigenvalue weighted by Gasteiger charge is 2.13. The number of aromatic nitrogens is 1. The number of carbonyl (C=O) groups excluding carboxylic acids is 1. The summed E-state index contributed by atoms with van der Waals surface area (Å²) < 4.78 is 13.1. The van der Waals surface area contributed by atoms with Gasteiger partial charge in [0.2, 0.25) is 0 Å². The van der Waals surface area contributed by atoms with Crippen LogP contribution in [-0.4, -0.2) is 10.9 Å². The van der Waals surface area contributed by atoms with Crippen molar-refractivity contribution in [3.05, 3.63) is 63.6 Å². The molecule has 0 spiro atoms. The van der Waals surface area contributed by atoms with Crippen molar-refractivity contribution in [2.24, 2.45) is 0 Å². The summed E-state index contributed by atoms with van der Waals surface area (Å²) >= 11 is 11.5. The van der Waals surface area contributed by atoms with E-state index in [4.69, 9.17) is 23.2 Å².